The van der Waals surface area contributed by atoms with Crippen LogP contribution in [0, 0.1) is 17.3 Å². The number of likely N-dealkylation sites (tertiary alicyclic amines) is 1. The molecule has 21 heavy (non-hydrogen) atoms. The van der Waals surface area contributed by atoms with Crippen LogP contribution in [-0.2, 0) is 9.53 Å². The summed E-state index contributed by atoms with van der Waals surface area (Å²) in [7, 11) is 0. The van der Waals surface area contributed by atoms with E-state index in [0.29, 0.717) is 23.7 Å². The summed E-state index contributed by atoms with van der Waals surface area (Å²) in [6.45, 7) is 9.30. The summed E-state index contributed by atoms with van der Waals surface area (Å²) in [6, 6.07) is 0.290. The smallest absolute Gasteiger partial charge is 0.253 e. The lowest BCUT2D eigenvalue weighted by molar-refractivity contribution is -0.181. The molecule has 0 aromatic heterocycles. The average Bonchev–Trinajstić information content (AvgIpc) is 2.64. The third kappa shape index (κ3) is 2.58. The van der Waals surface area contributed by atoms with Gasteiger partial charge in [-0.3, -0.25) is 4.79 Å². The number of alkyl halides is 2. The Morgan fingerprint density at radius 1 is 1.38 bits per heavy atom. The Morgan fingerprint density at radius 3 is 2.48 bits per heavy atom. The van der Waals surface area contributed by atoms with Gasteiger partial charge in [0.05, 0.1) is 18.6 Å². The second-order valence-corrected chi connectivity index (χ2v) is 7.78. The molecule has 2 aliphatic carbocycles. The van der Waals surface area contributed by atoms with Gasteiger partial charge in [0.25, 0.3) is 5.92 Å². The van der Waals surface area contributed by atoms with Gasteiger partial charge in [0, 0.05) is 25.4 Å². The van der Waals surface area contributed by atoms with E-state index in [-0.39, 0.29) is 37.0 Å². The molecule has 0 aromatic carbocycles. The van der Waals surface area contributed by atoms with E-state index in [1.807, 2.05) is 4.90 Å². The zero-order valence-corrected chi connectivity index (χ0v) is 13.2. The number of ether oxygens (including phenoxy) is 1. The van der Waals surface area contributed by atoms with E-state index in [1.54, 1.807) is 6.92 Å². The van der Waals surface area contributed by atoms with Crippen molar-refractivity contribution in [2.45, 2.75) is 71.1 Å². The Labute approximate surface area is 125 Å². The van der Waals surface area contributed by atoms with E-state index >= 15 is 0 Å². The molecule has 5 heteroatoms. The van der Waals surface area contributed by atoms with Crippen LogP contribution in [0.1, 0.15) is 47.0 Å². The number of nitrogens with zero attached hydrogens (tertiary/aromatic N) is 1. The minimum Gasteiger partial charge on any atom is -0.374 e. The molecule has 2 saturated carbocycles. The fourth-order valence-corrected chi connectivity index (χ4v) is 4.44. The summed E-state index contributed by atoms with van der Waals surface area (Å²) >= 11 is 0. The predicted molar refractivity (Wildman–Crippen MR) is 75.1 cm³/mol. The molecule has 1 saturated heterocycles. The molecule has 3 nitrogen and oxygen atoms in total. The van der Waals surface area contributed by atoms with Gasteiger partial charge in [0.2, 0.25) is 5.91 Å². The number of hydrogen-bond donors (Lipinski definition) is 0. The second kappa shape index (κ2) is 4.64. The van der Waals surface area contributed by atoms with Crippen molar-refractivity contribution in [2.24, 2.45) is 17.3 Å². The van der Waals surface area contributed by atoms with Crippen molar-refractivity contribution in [3.63, 3.8) is 0 Å². The first-order valence-corrected chi connectivity index (χ1v) is 7.94. The van der Waals surface area contributed by atoms with Crippen LogP contribution >= 0.6 is 0 Å². The topological polar surface area (TPSA) is 29.5 Å². The van der Waals surface area contributed by atoms with Crippen molar-refractivity contribution >= 4 is 5.91 Å². The summed E-state index contributed by atoms with van der Waals surface area (Å²) in [5, 5.41) is 0. The van der Waals surface area contributed by atoms with Crippen LogP contribution in [-0.4, -0.2) is 41.5 Å². The molecule has 0 aromatic rings. The lowest BCUT2D eigenvalue weighted by Gasteiger charge is -2.36. The van der Waals surface area contributed by atoms with Crippen LogP contribution in [0.15, 0.2) is 0 Å². The van der Waals surface area contributed by atoms with Gasteiger partial charge in [-0.2, -0.15) is 0 Å². The van der Waals surface area contributed by atoms with Crippen molar-refractivity contribution in [3.8, 4) is 0 Å². The van der Waals surface area contributed by atoms with Crippen LogP contribution < -0.4 is 0 Å². The van der Waals surface area contributed by atoms with Crippen molar-refractivity contribution < 1.29 is 18.3 Å². The minimum absolute atomic E-state index is 0.101. The molecule has 1 heterocycles. The van der Waals surface area contributed by atoms with Gasteiger partial charge in [-0.05, 0) is 31.1 Å². The molecule has 120 valence electrons. The number of rotatable bonds is 4. The maximum absolute atomic E-state index is 12.8. The molecule has 1 amide bonds. The molecule has 4 atom stereocenters. The van der Waals surface area contributed by atoms with E-state index in [1.165, 1.54) is 0 Å². The first kappa shape index (κ1) is 15.2. The second-order valence-electron chi connectivity index (χ2n) is 7.78. The number of hydrogen-bond acceptors (Lipinski definition) is 2. The quantitative estimate of drug-likeness (QED) is 0.798. The molecule has 0 bridgehead atoms. The van der Waals surface area contributed by atoms with Crippen LogP contribution in [0.5, 0.6) is 0 Å². The number of amides is 1. The molecule has 3 rings (SSSR count). The number of halogens is 2. The van der Waals surface area contributed by atoms with E-state index in [0.717, 1.165) is 6.54 Å². The third-order valence-corrected chi connectivity index (χ3v) is 5.80. The molecule has 0 spiro atoms. The van der Waals surface area contributed by atoms with E-state index in [9.17, 15) is 13.6 Å². The van der Waals surface area contributed by atoms with Gasteiger partial charge in [-0.15, -0.1) is 0 Å². The van der Waals surface area contributed by atoms with Gasteiger partial charge >= 0.3 is 0 Å². The molecule has 0 N–H and O–H groups in total. The maximum Gasteiger partial charge on any atom is 0.253 e. The molecule has 3 aliphatic rings. The zero-order chi connectivity index (χ0) is 15.6. The SMILES string of the molecule is C[C@H](CC(=O)N1CC2C([C@H]1C)C2(C)C)OC1CC(F)(F)C1. The molecule has 2 unspecified atom stereocenters. The van der Waals surface area contributed by atoms with Gasteiger partial charge in [0.15, 0.2) is 0 Å². The fourth-order valence-electron chi connectivity index (χ4n) is 4.44. The standard InChI is InChI=1S/C16H25F2NO2/c1-9(21-11-6-16(17,18)7-11)5-13(20)19-8-12-14(10(19)2)15(12,3)4/h9-12,14H,5-8H2,1-4H3/t9-,10-,12?,14?/m1/s1. The van der Waals surface area contributed by atoms with E-state index in [4.69, 9.17) is 4.74 Å². The highest BCUT2D eigenvalue weighted by molar-refractivity contribution is 5.77. The van der Waals surface area contributed by atoms with Crippen LogP contribution in [0.4, 0.5) is 8.78 Å². The largest absolute Gasteiger partial charge is 0.374 e. The molecular formula is C16H25F2NO2. The monoisotopic (exact) mass is 301 g/mol. The Kier molecular flexibility index (Phi) is 3.36. The summed E-state index contributed by atoms with van der Waals surface area (Å²) in [6.07, 6.45) is -0.776. The summed E-state index contributed by atoms with van der Waals surface area (Å²) in [4.78, 5) is 14.3. The van der Waals surface area contributed by atoms with Gasteiger partial charge in [0.1, 0.15) is 0 Å². The van der Waals surface area contributed by atoms with Gasteiger partial charge in [-0.1, -0.05) is 13.8 Å². The average molecular weight is 301 g/mol. The summed E-state index contributed by atoms with van der Waals surface area (Å²) in [5.74, 6) is -1.23. The van der Waals surface area contributed by atoms with Gasteiger partial charge in [-0.25, -0.2) is 8.78 Å². The highest BCUT2D eigenvalue weighted by Crippen LogP contribution is 2.64. The number of carbonyl (C=O) groups is 1. The highest BCUT2D eigenvalue weighted by atomic mass is 19.3. The van der Waals surface area contributed by atoms with Crippen LogP contribution in [0.2, 0.25) is 0 Å². The molecule has 1 aliphatic heterocycles. The molecular weight excluding hydrogens is 276 g/mol. The third-order valence-electron chi connectivity index (χ3n) is 5.80. The summed E-state index contributed by atoms with van der Waals surface area (Å²) in [5.41, 5.74) is 0.371. The van der Waals surface area contributed by atoms with Crippen molar-refractivity contribution in [2.75, 3.05) is 6.54 Å². The number of piperidine rings is 1. The van der Waals surface area contributed by atoms with E-state index in [2.05, 4.69) is 20.8 Å². The number of carbonyl (C=O) groups excluding carboxylic acids is 1. The lowest BCUT2D eigenvalue weighted by Crippen LogP contribution is -2.44. The van der Waals surface area contributed by atoms with Crippen molar-refractivity contribution in [1.29, 1.82) is 0 Å². The molecule has 3 fully saturated rings. The maximum atomic E-state index is 12.8. The van der Waals surface area contributed by atoms with Crippen molar-refractivity contribution in [1.82, 2.24) is 4.90 Å². The van der Waals surface area contributed by atoms with Crippen molar-refractivity contribution in [3.05, 3.63) is 0 Å². The normalized spacial score (nSPS) is 37.8. The Morgan fingerprint density at radius 2 is 2.00 bits per heavy atom. The van der Waals surface area contributed by atoms with Crippen LogP contribution in [0.25, 0.3) is 0 Å². The van der Waals surface area contributed by atoms with Gasteiger partial charge < -0.3 is 9.64 Å². The van der Waals surface area contributed by atoms with E-state index < -0.39 is 5.92 Å². The highest BCUT2D eigenvalue weighted by Gasteiger charge is 2.66. The fraction of sp³-hybridized carbons (Fsp3) is 0.938. The summed E-state index contributed by atoms with van der Waals surface area (Å²) < 4.78 is 31.1. The zero-order valence-electron chi connectivity index (χ0n) is 13.2. The Bertz CT molecular complexity index is 444. The molecule has 0 radical (unpaired) electrons. The first-order chi connectivity index (χ1) is 9.62. The minimum atomic E-state index is -2.56. The lowest BCUT2D eigenvalue weighted by atomic mass is 9.90. The first-order valence-electron chi connectivity index (χ1n) is 7.94. The Hall–Kier alpha value is -0.710. The Balaban J connectivity index is 1.45. The number of fused-ring (bicyclic) bond motifs is 1. The predicted octanol–water partition coefficient (Wildman–Crippen LogP) is 3.08. The van der Waals surface area contributed by atoms with Crippen LogP contribution in [0.3, 0.4) is 0 Å².